The van der Waals surface area contributed by atoms with E-state index in [-0.39, 0.29) is 0 Å². The van der Waals surface area contributed by atoms with E-state index in [2.05, 4.69) is 72.8 Å². The van der Waals surface area contributed by atoms with Crippen molar-refractivity contribution in [3.8, 4) is 56.5 Å². The van der Waals surface area contributed by atoms with Crippen molar-refractivity contribution in [1.29, 1.82) is 0 Å². The van der Waals surface area contributed by atoms with E-state index in [1.54, 1.807) is 0 Å². The molecule has 0 aliphatic carbocycles. The first kappa shape index (κ1) is 26.9. The smallest absolute Gasteiger partial charge is 0.164 e. The van der Waals surface area contributed by atoms with E-state index < -0.39 is 0 Å². The standard InChI is InChI=1S/C42H26N4O/c1-4-12-27(13-5-1)32-24-25-35-34(26-32)39-37(33-18-10-11-19-36(33)47-39)38(43-35)28-20-22-31(23-21-28)42-45-40(29-14-6-2-7-15-29)44-41(46-42)30-16-8-3-9-17-30/h1-26H. The lowest BCUT2D eigenvalue weighted by Gasteiger charge is -2.10. The lowest BCUT2D eigenvalue weighted by Crippen LogP contribution is -2.00. The van der Waals surface area contributed by atoms with Gasteiger partial charge in [0.05, 0.1) is 16.6 Å². The maximum Gasteiger partial charge on any atom is 0.164 e. The molecule has 0 aliphatic heterocycles. The highest BCUT2D eigenvalue weighted by molar-refractivity contribution is 6.19. The third-order valence-electron chi connectivity index (χ3n) is 8.53. The van der Waals surface area contributed by atoms with Crippen LogP contribution in [0, 0.1) is 0 Å². The number of hydrogen-bond acceptors (Lipinski definition) is 5. The molecule has 0 N–H and O–H groups in total. The molecular formula is C42H26N4O. The van der Waals surface area contributed by atoms with Crippen molar-refractivity contribution in [2.45, 2.75) is 0 Å². The van der Waals surface area contributed by atoms with E-state index in [1.165, 1.54) is 0 Å². The normalized spacial score (nSPS) is 11.4. The fourth-order valence-corrected chi connectivity index (χ4v) is 6.20. The molecule has 47 heavy (non-hydrogen) atoms. The molecule has 0 bridgehead atoms. The second-order valence-electron chi connectivity index (χ2n) is 11.5. The van der Waals surface area contributed by atoms with E-state index in [0.717, 1.165) is 71.9 Å². The van der Waals surface area contributed by atoms with Gasteiger partial charge < -0.3 is 4.42 Å². The number of nitrogens with zero attached hydrogens (tertiary/aromatic N) is 4. The summed E-state index contributed by atoms with van der Waals surface area (Å²) in [7, 11) is 0. The molecule has 3 heterocycles. The molecule has 0 radical (unpaired) electrons. The van der Waals surface area contributed by atoms with Gasteiger partial charge in [0.2, 0.25) is 0 Å². The van der Waals surface area contributed by atoms with Crippen molar-refractivity contribution in [2.24, 2.45) is 0 Å². The summed E-state index contributed by atoms with van der Waals surface area (Å²) in [6, 6.07) is 53.3. The highest BCUT2D eigenvalue weighted by Gasteiger charge is 2.19. The molecule has 9 aromatic rings. The van der Waals surface area contributed by atoms with Gasteiger partial charge in [0, 0.05) is 33.0 Å². The van der Waals surface area contributed by atoms with Gasteiger partial charge in [0.1, 0.15) is 11.2 Å². The zero-order valence-electron chi connectivity index (χ0n) is 25.2. The van der Waals surface area contributed by atoms with Gasteiger partial charge in [-0.25, -0.2) is 19.9 Å². The number of benzene rings is 6. The number of furan rings is 1. The number of rotatable bonds is 5. The van der Waals surface area contributed by atoms with Crippen LogP contribution in [0.5, 0.6) is 0 Å². The summed E-state index contributed by atoms with van der Waals surface area (Å²) < 4.78 is 6.56. The van der Waals surface area contributed by atoms with Crippen LogP contribution < -0.4 is 0 Å². The summed E-state index contributed by atoms with van der Waals surface area (Å²) >= 11 is 0. The summed E-state index contributed by atoms with van der Waals surface area (Å²) in [5.41, 5.74) is 9.48. The Morgan fingerprint density at radius 2 is 0.851 bits per heavy atom. The maximum absolute atomic E-state index is 6.56. The predicted molar refractivity (Wildman–Crippen MR) is 190 cm³/mol. The van der Waals surface area contributed by atoms with Crippen molar-refractivity contribution < 1.29 is 4.42 Å². The van der Waals surface area contributed by atoms with Gasteiger partial charge in [0.25, 0.3) is 0 Å². The Morgan fingerprint density at radius 1 is 0.362 bits per heavy atom. The van der Waals surface area contributed by atoms with Gasteiger partial charge in [-0.05, 0) is 29.3 Å². The molecule has 5 nitrogen and oxygen atoms in total. The highest BCUT2D eigenvalue weighted by Crippen LogP contribution is 2.40. The highest BCUT2D eigenvalue weighted by atomic mass is 16.3. The summed E-state index contributed by atoms with van der Waals surface area (Å²) in [5, 5.41) is 3.03. The number of hydrogen-bond donors (Lipinski definition) is 0. The number of para-hydroxylation sites is 1. The van der Waals surface area contributed by atoms with Gasteiger partial charge in [-0.15, -0.1) is 0 Å². The molecule has 220 valence electrons. The minimum Gasteiger partial charge on any atom is -0.455 e. The lowest BCUT2D eigenvalue weighted by atomic mass is 9.99. The van der Waals surface area contributed by atoms with E-state index >= 15 is 0 Å². The molecule has 9 rings (SSSR count). The van der Waals surface area contributed by atoms with Crippen LogP contribution in [-0.4, -0.2) is 19.9 Å². The Bertz CT molecular complexity index is 2490. The first-order valence-electron chi connectivity index (χ1n) is 15.6. The van der Waals surface area contributed by atoms with Crippen LogP contribution in [-0.2, 0) is 0 Å². The maximum atomic E-state index is 6.56. The molecule has 0 saturated carbocycles. The summed E-state index contributed by atoms with van der Waals surface area (Å²) in [6.07, 6.45) is 0. The molecule has 5 heteroatoms. The minimum atomic E-state index is 0.614. The monoisotopic (exact) mass is 602 g/mol. The Balaban J connectivity index is 1.19. The number of pyridine rings is 1. The average Bonchev–Trinajstić information content (AvgIpc) is 3.55. The van der Waals surface area contributed by atoms with Gasteiger partial charge >= 0.3 is 0 Å². The molecule has 0 saturated heterocycles. The predicted octanol–water partition coefficient (Wildman–Crippen LogP) is 10.7. The van der Waals surface area contributed by atoms with E-state index in [1.807, 2.05) is 84.9 Å². The lowest BCUT2D eigenvalue weighted by molar-refractivity contribution is 0.672. The minimum absolute atomic E-state index is 0.614. The molecule has 0 aliphatic rings. The quantitative estimate of drug-likeness (QED) is 0.196. The Hall–Kier alpha value is -6.46. The average molecular weight is 603 g/mol. The molecule has 0 amide bonds. The van der Waals surface area contributed by atoms with E-state index in [4.69, 9.17) is 24.4 Å². The first-order valence-corrected chi connectivity index (χ1v) is 15.6. The Labute approximate surface area is 270 Å². The van der Waals surface area contributed by atoms with Crippen molar-refractivity contribution in [1.82, 2.24) is 19.9 Å². The summed E-state index contributed by atoms with van der Waals surface area (Å²) in [5.74, 6) is 1.88. The van der Waals surface area contributed by atoms with Crippen LogP contribution in [0.25, 0.3) is 89.4 Å². The van der Waals surface area contributed by atoms with Crippen molar-refractivity contribution in [3.05, 3.63) is 158 Å². The third kappa shape index (κ3) is 4.82. The fraction of sp³-hybridized carbons (Fsp3) is 0. The largest absolute Gasteiger partial charge is 0.455 e. The molecule has 0 atom stereocenters. The fourth-order valence-electron chi connectivity index (χ4n) is 6.20. The van der Waals surface area contributed by atoms with Crippen LogP contribution >= 0.6 is 0 Å². The number of fused-ring (bicyclic) bond motifs is 5. The van der Waals surface area contributed by atoms with Gasteiger partial charge in [-0.2, -0.15) is 0 Å². The molecule has 0 fully saturated rings. The molecule has 6 aromatic carbocycles. The van der Waals surface area contributed by atoms with Gasteiger partial charge in [-0.1, -0.05) is 140 Å². The first-order chi connectivity index (χ1) is 23.3. The number of aromatic nitrogens is 4. The van der Waals surface area contributed by atoms with Crippen LogP contribution in [0.2, 0.25) is 0 Å². The van der Waals surface area contributed by atoms with Crippen molar-refractivity contribution in [3.63, 3.8) is 0 Å². The Kier molecular flexibility index (Phi) is 6.39. The van der Waals surface area contributed by atoms with E-state index in [0.29, 0.717) is 17.5 Å². The zero-order valence-corrected chi connectivity index (χ0v) is 25.2. The topological polar surface area (TPSA) is 64.7 Å². The zero-order chi connectivity index (χ0) is 31.2. The van der Waals surface area contributed by atoms with Crippen LogP contribution in [0.4, 0.5) is 0 Å². The van der Waals surface area contributed by atoms with Crippen molar-refractivity contribution >= 4 is 32.8 Å². The van der Waals surface area contributed by atoms with Crippen molar-refractivity contribution in [2.75, 3.05) is 0 Å². The SMILES string of the molecule is c1ccc(-c2ccc3nc(-c4ccc(-c5nc(-c6ccccc6)nc(-c6ccccc6)n5)cc4)c4c5ccccc5oc4c3c2)cc1. The van der Waals surface area contributed by atoms with Crippen LogP contribution in [0.1, 0.15) is 0 Å². The van der Waals surface area contributed by atoms with E-state index in [9.17, 15) is 0 Å². The van der Waals surface area contributed by atoms with Gasteiger partial charge in [-0.3, -0.25) is 0 Å². The second kappa shape index (κ2) is 11.2. The Morgan fingerprint density at radius 3 is 1.47 bits per heavy atom. The third-order valence-corrected chi connectivity index (χ3v) is 8.53. The van der Waals surface area contributed by atoms with Crippen LogP contribution in [0.15, 0.2) is 162 Å². The van der Waals surface area contributed by atoms with Gasteiger partial charge in [0.15, 0.2) is 17.5 Å². The van der Waals surface area contributed by atoms with Crippen LogP contribution in [0.3, 0.4) is 0 Å². The molecular weight excluding hydrogens is 576 g/mol. The molecule has 0 unspecified atom stereocenters. The second-order valence-corrected chi connectivity index (χ2v) is 11.5. The molecule has 3 aromatic heterocycles. The molecule has 0 spiro atoms. The summed E-state index contributed by atoms with van der Waals surface area (Å²) in [6.45, 7) is 0. The summed E-state index contributed by atoms with van der Waals surface area (Å²) in [4.78, 5) is 19.9.